The van der Waals surface area contributed by atoms with Crippen LogP contribution in [-0.2, 0) is 16.4 Å². The van der Waals surface area contributed by atoms with E-state index in [-0.39, 0.29) is 4.90 Å². The van der Waals surface area contributed by atoms with Crippen molar-refractivity contribution >= 4 is 27.2 Å². The zero-order chi connectivity index (χ0) is 18.1. The summed E-state index contributed by atoms with van der Waals surface area (Å²) in [5.74, 6) is 0.813. The standard InChI is InChI=1S/C20H19N3O2S/c1-15-6-9-18(10-7-15)26(24,25)22-17-8-11-20(21-14-17)23-13-12-16-4-2-3-5-19(16)23/h2-11,14,22H,12-13H2,1H3. The number of aryl methyl sites for hydroxylation is 1. The summed E-state index contributed by atoms with van der Waals surface area (Å²) in [6, 6.07) is 18.6. The van der Waals surface area contributed by atoms with Crippen LogP contribution in [0, 0.1) is 6.92 Å². The van der Waals surface area contributed by atoms with Gasteiger partial charge in [-0.3, -0.25) is 4.72 Å². The van der Waals surface area contributed by atoms with E-state index >= 15 is 0 Å². The minimum absolute atomic E-state index is 0.237. The van der Waals surface area contributed by atoms with Gasteiger partial charge in [-0.25, -0.2) is 13.4 Å². The molecule has 0 radical (unpaired) electrons. The van der Waals surface area contributed by atoms with Crippen molar-refractivity contribution in [2.24, 2.45) is 0 Å². The van der Waals surface area contributed by atoms with Gasteiger partial charge < -0.3 is 4.90 Å². The van der Waals surface area contributed by atoms with Crippen molar-refractivity contribution in [3.05, 3.63) is 78.0 Å². The quantitative estimate of drug-likeness (QED) is 0.762. The molecule has 0 atom stereocenters. The second-order valence-electron chi connectivity index (χ2n) is 6.35. The van der Waals surface area contributed by atoms with Crippen molar-refractivity contribution in [2.75, 3.05) is 16.2 Å². The van der Waals surface area contributed by atoms with Gasteiger partial charge in [0.1, 0.15) is 5.82 Å². The van der Waals surface area contributed by atoms with Gasteiger partial charge in [-0.2, -0.15) is 0 Å². The topological polar surface area (TPSA) is 62.3 Å². The maximum atomic E-state index is 12.5. The van der Waals surface area contributed by atoms with Gasteiger partial charge >= 0.3 is 0 Å². The Morgan fingerprint density at radius 3 is 2.50 bits per heavy atom. The maximum absolute atomic E-state index is 12.5. The molecule has 0 amide bonds. The monoisotopic (exact) mass is 365 g/mol. The first-order valence-corrected chi connectivity index (χ1v) is 9.92. The Balaban J connectivity index is 1.54. The molecule has 1 N–H and O–H groups in total. The van der Waals surface area contributed by atoms with Crippen LogP contribution in [0.5, 0.6) is 0 Å². The van der Waals surface area contributed by atoms with Crippen molar-refractivity contribution in [1.29, 1.82) is 0 Å². The first-order valence-electron chi connectivity index (χ1n) is 8.44. The lowest BCUT2D eigenvalue weighted by Crippen LogP contribution is -2.16. The molecule has 26 heavy (non-hydrogen) atoms. The summed E-state index contributed by atoms with van der Waals surface area (Å²) >= 11 is 0. The Kier molecular flexibility index (Phi) is 4.12. The number of hydrogen-bond acceptors (Lipinski definition) is 4. The fraction of sp³-hybridized carbons (Fsp3) is 0.150. The molecular weight excluding hydrogens is 346 g/mol. The number of para-hydroxylation sites is 1. The van der Waals surface area contributed by atoms with Crippen LogP contribution in [0.4, 0.5) is 17.2 Å². The zero-order valence-electron chi connectivity index (χ0n) is 14.4. The first-order chi connectivity index (χ1) is 12.5. The molecule has 1 aliphatic rings. The van der Waals surface area contributed by atoms with E-state index in [0.717, 1.165) is 30.0 Å². The first kappa shape index (κ1) is 16.6. The number of nitrogens with one attached hydrogen (secondary N) is 1. The molecular formula is C20H19N3O2S. The predicted molar refractivity (Wildman–Crippen MR) is 103 cm³/mol. The molecule has 0 aliphatic carbocycles. The minimum atomic E-state index is -3.61. The Bertz CT molecular complexity index is 1030. The Morgan fingerprint density at radius 2 is 1.77 bits per heavy atom. The molecule has 6 heteroatoms. The van der Waals surface area contributed by atoms with Gasteiger partial charge in [0.05, 0.1) is 16.8 Å². The normalized spacial score (nSPS) is 13.5. The van der Waals surface area contributed by atoms with Gasteiger partial charge in [0.2, 0.25) is 0 Å². The molecule has 0 saturated carbocycles. The third-order valence-electron chi connectivity index (χ3n) is 4.50. The largest absolute Gasteiger partial charge is 0.326 e. The van der Waals surface area contributed by atoms with Crippen LogP contribution in [0.3, 0.4) is 0 Å². The maximum Gasteiger partial charge on any atom is 0.261 e. The van der Waals surface area contributed by atoms with E-state index in [9.17, 15) is 8.42 Å². The number of anilines is 3. The number of pyridine rings is 1. The van der Waals surface area contributed by atoms with E-state index in [1.54, 1.807) is 36.5 Å². The van der Waals surface area contributed by atoms with Crippen molar-refractivity contribution in [3.63, 3.8) is 0 Å². The summed E-state index contributed by atoms with van der Waals surface area (Å²) in [5.41, 5.74) is 3.93. The molecule has 132 valence electrons. The van der Waals surface area contributed by atoms with Gasteiger partial charge in [-0.1, -0.05) is 35.9 Å². The minimum Gasteiger partial charge on any atom is -0.326 e. The van der Waals surface area contributed by atoms with Crippen molar-refractivity contribution < 1.29 is 8.42 Å². The number of benzene rings is 2. The fourth-order valence-electron chi connectivity index (χ4n) is 3.11. The highest BCUT2D eigenvalue weighted by Gasteiger charge is 2.21. The van der Waals surface area contributed by atoms with E-state index < -0.39 is 10.0 Å². The van der Waals surface area contributed by atoms with E-state index in [0.29, 0.717) is 5.69 Å². The van der Waals surface area contributed by atoms with Crippen LogP contribution in [0.15, 0.2) is 71.8 Å². The highest BCUT2D eigenvalue weighted by atomic mass is 32.2. The molecule has 3 aromatic rings. The summed E-state index contributed by atoms with van der Waals surface area (Å²) in [6.07, 6.45) is 2.54. The molecule has 0 bridgehead atoms. The number of hydrogen-bond donors (Lipinski definition) is 1. The molecule has 0 unspecified atom stereocenters. The lowest BCUT2D eigenvalue weighted by atomic mass is 10.2. The third-order valence-corrected chi connectivity index (χ3v) is 5.89. The number of rotatable bonds is 4. The van der Waals surface area contributed by atoms with Gasteiger partial charge in [-0.15, -0.1) is 0 Å². The highest BCUT2D eigenvalue weighted by molar-refractivity contribution is 7.92. The Morgan fingerprint density at radius 1 is 1.00 bits per heavy atom. The molecule has 0 fully saturated rings. The molecule has 1 aliphatic heterocycles. The van der Waals surface area contributed by atoms with Gasteiger partial charge in [-0.05, 0) is 49.2 Å². The summed E-state index contributed by atoms with van der Waals surface area (Å²) in [6.45, 7) is 2.80. The Labute approximate surface area is 153 Å². The van der Waals surface area contributed by atoms with Gasteiger partial charge in [0.15, 0.2) is 0 Å². The van der Waals surface area contributed by atoms with Crippen molar-refractivity contribution in [1.82, 2.24) is 4.98 Å². The molecule has 2 heterocycles. The molecule has 4 rings (SSSR count). The number of aromatic nitrogens is 1. The molecule has 0 spiro atoms. The van der Waals surface area contributed by atoms with E-state index in [2.05, 4.69) is 26.7 Å². The lowest BCUT2D eigenvalue weighted by Gasteiger charge is -2.18. The smallest absolute Gasteiger partial charge is 0.261 e. The van der Waals surface area contributed by atoms with Gasteiger partial charge in [0.25, 0.3) is 10.0 Å². The SMILES string of the molecule is Cc1ccc(S(=O)(=O)Nc2ccc(N3CCc4ccccc43)nc2)cc1. The lowest BCUT2D eigenvalue weighted by molar-refractivity contribution is 0.601. The highest BCUT2D eigenvalue weighted by Crippen LogP contribution is 2.33. The number of fused-ring (bicyclic) bond motifs is 1. The molecule has 2 aromatic carbocycles. The average molecular weight is 365 g/mol. The predicted octanol–water partition coefficient (Wildman–Crippen LogP) is 3.89. The second-order valence-corrected chi connectivity index (χ2v) is 8.04. The summed E-state index contributed by atoms with van der Waals surface area (Å²) in [5, 5.41) is 0. The van der Waals surface area contributed by atoms with Crippen molar-refractivity contribution in [2.45, 2.75) is 18.2 Å². The Hall–Kier alpha value is -2.86. The van der Waals surface area contributed by atoms with E-state index in [1.165, 1.54) is 5.56 Å². The molecule has 1 aromatic heterocycles. The van der Waals surface area contributed by atoms with Crippen LogP contribution < -0.4 is 9.62 Å². The summed E-state index contributed by atoms with van der Waals surface area (Å²) < 4.78 is 27.5. The summed E-state index contributed by atoms with van der Waals surface area (Å²) in [7, 11) is -3.61. The molecule has 0 saturated heterocycles. The number of sulfonamides is 1. The van der Waals surface area contributed by atoms with Crippen LogP contribution >= 0.6 is 0 Å². The molecule has 5 nitrogen and oxygen atoms in total. The van der Waals surface area contributed by atoms with E-state index in [4.69, 9.17) is 0 Å². The van der Waals surface area contributed by atoms with Gasteiger partial charge in [0, 0.05) is 12.2 Å². The van der Waals surface area contributed by atoms with Crippen LogP contribution in [0.1, 0.15) is 11.1 Å². The fourth-order valence-corrected chi connectivity index (χ4v) is 4.16. The van der Waals surface area contributed by atoms with E-state index in [1.807, 2.05) is 25.1 Å². The average Bonchev–Trinajstić information content (AvgIpc) is 3.07. The van der Waals surface area contributed by atoms with Crippen LogP contribution in [0.25, 0.3) is 0 Å². The summed E-state index contributed by atoms with van der Waals surface area (Å²) in [4.78, 5) is 6.83. The number of nitrogens with zero attached hydrogens (tertiary/aromatic N) is 2. The van der Waals surface area contributed by atoms with Crippen molar-refractivity contribution in [3.8, 4) is 0 Å². The van der Waals surface area contributed by atoms with Crippen LogP contribution in [-0.4, -0.2) is 19.9 Å². The second kappa shape index (κ2) is 6.46. The third kappa shape index (κ3) is 3.15. The zero-order valence-corrected chi connectivity index (χ0v) is 15.2. The van der Waals surface area contributed by atoms with Crippen LogP contribution in [0.2, 0.25) is 0 Å².